The minimum Gasteiger partial charge on any atom is -0.316 e. The molecule has 0 unspecified atom stereocenters. The van der Waals surface area contributed by atoms with Crippen LogP contribution in [0, 0.1) is 17.7 Å². The van der Waals surface area contributed by atoms with Gasteiger partial charge in [0.25, 0.3) is 0 Å². The molecule has 3 heteroatoms. The SMILES string of the molecule is CCNCC1(c2c(F)cccc2Cl)CC(C(C)C)C1. The molecule has 1 saturated carbocycles. The second kappa shape index (κ2) is 5.80. The third-order valence-corrected chi connectivity index (χ3v) is 4.77. The lowest BCUT2D eigenvalue weighted by Gasteiger charge is -2.50. The fraction of sp³-hybridized carbons (Fsp3) is 0.625. The van der Waals surface area contributed by atoms with Gasteiger partial charge in [0.05, 0.1) is 0 Å². The van der Waals surface area contributed by atoms with E-state index >= 15 is 0 Å². The van der Waals surface area contributed by atoms with E-state index in [1.807, 2.05) is 0 Å². The lowest BCUT2D eigenvalue weighted by atomic mass is 9.55. The highest BCUT2D eigenvalue weighted by Gasteiger charge is 2.48. The van der Waals surface area contributed by atoms with E-state index in [9.17, 15) is 4.39 Å². The zero-order chi connectivity index (χ0) is 14.0. The Morgan fingerprint density at radius 3 is 2.63 bits per heavy atom. The quantitative estimate of drug-likeness (QED) is 0.845. The van der Waals surface area contributed by atoms with E-state index in [0.29, 0.717) is 16.9 Å². The maximum Gasteiger partial charge on any atom is 0.128 e. The Kier molecular flexibility index (Phi) is 4.52. The van der Waals surface area contributed by atoms with E-state index in [1.54, 1.807) is 12.1 Å². The molecule has 106 valence electrons. The lowest BCUT2D eigenvalue weighted by molar-refractivity contribution is 0.0951. The molecule has 1 aromatic carbocycles. The molecule has 0 saturated heterocycles. The van der Waals surface area contributed by atoms with E-state index in [2.05, 4.69) is 26.1 Å². The predicted molar refractivity (Wildman–Crippen MR) is 79.2 cm³/mol. The Bertz CT molecular complexity index is 418. The molecule has 0 radical (unpaired) electrons. The molecule has 1 aromatic rings. The zero-order valence-electron chi connectivity index (χ0n) is 12.0. The topological polar surface area (TPSA) is 12.0 Å². The van der Waals surface area contributed by atoms with Gasteiger partial charge in [-0.2, -0.15) is 0 Å². The van der Waals surface area contributed by atoms with Crippen LogP contribution in [0.25, 0.3) is 0 Å². The van der Waals surface area contributed by atoms with Crippen LogP contribution >= 0.6 is 11.6 Å². The molecule has 2 rings (SSSR count). The Morgan fingerprint density at radius 1 is 1.42 bits per heavy atom. The van der Waals surface area contributed by atoms with Crippen molar-refractivity contribution < 1.29 is 4.39 Å². The molecule has 1 nitrogen and oxygen atoms in total. The Morgan fingerprint density at radius 2 is 2.11 bits per heavy atom. The van der Waals surface area contributed by atoms with Crippen LogP contribution in [0.4, 0.5) is 4.39 Å². The summed E-state index contributed by atoms with van der Waals surface area (Å²) in [6.45, 7) is 8.28. The van der Waals surface area contributed by atoms with Gasteiger partial charge < -0.3 is 5.32 Å². The summed E-state index contributed by atoms with van der Waals surface area (Å²) in [4.78, 5) is 0. The average Bonchev–Trinajstić information content (AvgIpc) is 2.29. The maximum atomic E-state index is 14.2. The van der Waals surface area contributed by atoms with Crippen molar-refractivity contribution in [1.29, 1.82) is 0 Å². The standard InChI is InChI=1S/C16H23ClFN/c1-4-19-10-16(8-12(9-16)11(2)3)15-13(17)6-5-7-14(15)18/h5-7,11-12,19H,4,8-10H2,1-3H3. The number of hydrogen-bond acceptors (Lipinski definition) is 1. The third kappa shape index (κ3) is 2.80. The fourth-order valence-electron chi connectivity index (χ4n) is 3.22. The molecule has 1 N–H and O–H groups in total. The second-order valence-electron chi connectivity index (χ2n) is 6.07. The first-order chi connectivity index (χ1) is 9.00. The summed E-state index contributed by atoms with van der Waals surface area (Å²) in [5, 5.41) is 3.95. The Labute approximate surface area is 120 Å². The van der Waals surface area contributed by atoms with Gasteiger partial charge in [-0.1, -0.05) is 38.4 Å². The van der Waals surface area contributed by atoms with Crippen LogP contribution < -0.4 is 5.32 Å². The van der Waals surface area contributed by atoms with Crippen molar-refractivity contribution >= 4 is 11.6 Å². The van der Waals surface area contributed by atoms with E-state index in [4.69, 9.17) is 11.6 Å². The number of halogens is 2. The molecule has 1 aliphatic rings. The maximum absolute atomic E-state index is 14.2. The molecule has 19 heavy (non-hydrogen) atoms. The molecule has 0 aliphatic heterocycles. The van der Waals surface area contributed by atoms with Gasteiger partial charge in [0.2, 0.25) is 0 Å². The highest BCUT2D eigenvalue weighted by Crippen LogP contribution is 2.52. The van der Waals surface area contributed by atoms with Crippen molar-refractivity contribution in [1.82, 2.24) is 5.32 Å². The number of likely N-dealkylation sites (N-methyl/N-ethyl adjacent to an activating group) is 1. The molecule has 0 atom stereocenters. The van der Waals surface area contributed by atoms with E-state index < -0.39 is 0 Å². The summed E-state index contributed by atoms with van der Waals surface area (Å²) < 4.78 is 14.2. The van der Waals surface area contributed by atoms with Crippen LogP contribution in [0.15, 0.2) is 18.2 Å². The van der Waals surface area contributed by atoms with Crippen molar-refractivity contribution in [3.05, 3.63) is 34.6 Å². The summed E-state index contributed by atoms with van der Waals surface area (Å²) >= 11 is 6.27. The van der Waals surface area contributed by atoms with Gasteiger partial charge >= 0.3 is 0 Å². The van der Waals surface area contributed by atoms with E-state index in [1.165, 1.54) is 6.07 Å². The highest BCUT2D eigenvalue weighted by atomic mass is 35.5. The van der Waals surface area contributed by atoms with E-state index in [-0.39, 0.29) is 11.2 Å². The van der Waals surface area contributed by atoms with Gasteiger partial charge in [0.1, 0.15) is 5.82 Å². The third-order valence-electron chi connectivity index (χ3n) is 4.46. The predicted octanol–water partition coefficient (Wildman–Crippen LogP) is 4.39. The first-order valence-electron chi connectivity index (χ1n) is 7.15. The van der Waals surface area contributed by atoms with Gasteiger partial charge in [-0.15, -0.1) is 0 Å². The first kappa shape index (κ1) is 14.8. The average molecular weight is 284 g/mol. The summed E-state index contributed by atoms with van der Waals surface area (Å²) in [5.74, 6) is 1.17. The number of benzene rings is 1. The van der Waals surface area contributed by atoms with Crippen LogP contribution in [0.3, 0.4) is 0 Å². The molecule has 1 aliphatic carbocycles. The van der Waals surface area contributed by atoms with Gasteiger partial charge in [-0.05, 0) is 43.4 Å². The normalized spacial score (nSPS) is 26.5. The number of hydrogen-bond donors (Lipinski definition) is 1. The van der Waals surface area contributed by atoms with Crippen molar-refractivity contribution in [2.45, 2.75) is 39.0 Å². The van der Waals surface area contributed by atoms with Gasteiger partial charge in [0.15, 0.2) is 0 Å². The van der Waals surface area contributed by atoms with Gasteiger partial charge in [-0.25, -0.2) is 4.39 Å². The second-order valence-corrected chi connectivity index (χ2v) is 6.48. The van der Waals surface area contributed by atoms with Gasteiger partial charge in [-0.3, -0.25) is 0 Å². The minimum absolute atomic E-state index is 0.118. The van der Waals surface area contributed by atoms with Crippen molar-refractivity contribution in [2.24, 2.45) is 11.8 Å². The molecule has 0 aromatic heterocycles. The summed E-state index contributed by atoms with van der Waals surface area (Å²) in [6, 6.07) is 5.01. The molecule has 0 heterocycles. The number of nitrogens with one attached hydrogen (secondary N) is 1. The van der Waals surface area contributed by atoms with E-state index in [0.717, 1.165) is 31.5 Å². The van der Waals surface area contributed by atoms with Gasteiger partial charge in [0, 0.05) is 22.5 Å². The first-order valence-corrected chi connectivity index (χ1v) is 7.53. The van der Waals surface area contributed by atoms with Crippen molar-refractivity contribution in [3.63, 3.8) is 0 Å². The molecule has 1 fully saturated rings. The Hall–Kier alpha value is -0.600. The Balaban J connectivity index is 2.29. The monoisotopic (exact) mass is 283 g/mol. The summed E-state index contributed by atoms with van der Waals surface area (Å²) in [5.41, 5.74) is 0.599. The molecular formula is C16H23ClFN. The highest BCUT2D eigenvalue weighted by molar-refractivity contribution is 6.31. The molecule has 0 spiro atoms. The largest absolute Gasteiger partial charge is 0.316 e. The van der Waals surface area contributed by atoms with Crippen LogP contribution in [-0.2, 0) is 5.41 Å². The van der Waals surface area contributed by atoms with Crippen LogP contribution in [0.5, 0.6) is 0 Å². The van der Waals surface area contributed by atoms with Crippen molar-refractivity contribution in [2.75, 3.05) is 13.1 Å². The molecule has 0 bridgehead atoms. The molecule has 0 amide bonds. The summed E-state index contributed by atoms with van der Waals surface area (Å²) in [6.07, 6.45) is 2.05. The molecular weight excluding hydrogens is 261 g/mol. The van der Waals surface area contributed by atoms with Crippen LogP contribution in [-0.4, -0.2) is 13.1 Å². The fourth-order valence-corrected chi connectivity index (χ4v) is 3.58. The zero-order valence-corrected chi connectivity index (χ0v) is 12.7. The van der Waals surface area contributed by atoms with Crippen molar-refractivity contribution in [3.8, 4) is 0 Å². The minimum atomic E-state index is -0.160. The number of rotatable bonds is 5. The summed E-state index contributed by atoms with van der Waals surface area (Å²) in [7, 11) is 0. The smallest absolute Gasteiger partial charge is 0.128 e. The lowest BCUT2D eigenvalue weighted by Crippen LogP contribution is -2.50. The van der Waals surface area contributed by atoms with Crippen LogP contribution in [0.1, 0.15) is 39.2 Å². The van der Waals surface area contributed by atoms with Crippen LogP contribution in [0.2, 0.25) is 5.02 Å².